The van der Waals surface area contributed by atoms with Crippen LogP contribution >= 0.6 is 0 Å². The molecule has 0 radical (unpaired) electrons. The highest BCUT2D eigenvalue weighted by Gasteiger charge is 1.95. The third-order valence-electron chi connectivity index (χ3n) is 2.20. The zero-order valence-electron chi connectivity index (χ0n) is 9.11. The molecule has 1 fully saturated rings. The van der Waals surface area contributed by atoms with Crippen LogP contribution in [0.4, 0.5) is 5.69 Å². The van der Waals surface area contributed by atoms with Crippen molar-refractivity contribution in [2.75, 3.05) is 31.9 Å². The van der Waals surface area contributed by atoms with Crippen LogP contribution in [0.2, 0.25) is 0 Å². The predicted molar refractivity (Wildman–Crippen MR) is 59.7 cm³/mol. The molecule has 1 aromatic rings. The monoisotopic (exact) mass is 223 g/mol. The summed E-state index contributed by atoms with van der Waals surface area (Å²) in [5.74, 6) is -1.18. The summed E-state index contributed by atoms with van der Waals surface area (Å²) in [6.07, 6.45) is 0. The molecule has 0 spiro atoms. The summed E-state index contributed by atoms with van der Waals surface area (Å²) in [7, 11) is 0. The van der Waals surface area contributed by atoms with Crippen molar-refractivity contribution >= 4 is 11.7 Å². The highest BCUT2D eigenvalue weighted by atomic mass is 16.4. The second-order valence-corrected chi connectivity index (χ2v) is 3.53. The number of carbonyl (C=O) groups excluding carboxylic acids is 1. The van der Waals surface area contributed by atoms with Gasteiger partial charge in [0.15, 0.2) is 0 Å². The Bertz CT molecular complexity index is 309. The number of rotatable bonds is 1. The van der Waals surface area contributed by atoms with Crippen LogP contribution in [0.1, 0.15) is 10.4 Å². The Balaban J connectivity index is 0.000000181. The molecule has 88 valence electrons. The van der Waals surface area contributed by atoms with Crippen LogP contribution < -0.4 is 21.5 Å². The van der Waals surface area contributed by atoms with Crippen molar-refractivity contribution in [1.82, 2.24) is 5.32 Å². The number of benzene rings is 1. The normalized spacial score (nSPS) is 14.8. The number of aromatic carboxylic acids is 1. The summed E-state index contributed by atoms with van der Waals surface area (Å²) in [5, 5.41) is 15.7. The average molecular weight is 223 g/mol. The lowest BCUT2D eigenvalue weighted by Crippen LogP contribution is -2.89. The summed E-state index contributed by atoms with van der Waals surface area (Å²) in [6, 6.07) is 5.85. The number of nitrogen functional groups attached to an aromatic ring is 1. The van der Waals surface area contributed by atoms with Crippen LogP contribution in [0.25, 0.3) is 0 Å². The standard InChI is InChI=1S/C7H7NO2.C4H10N2/c8-6-3-1-5(2-4-6)7(9)10;1-2-6-4-3-5-1/h1-4H,8H2,(H,9,10);5-6H,1-4H2. The summed E-state index contributed by atoms with van der Waals surface area (Å²) in [4.78, 5) is 10.2. The first kappa shape index (κ1) is 12.5. The highest BCUT2D eigenvalue weighted by molar-refractivity contribution is 5.86. The van der Waals surface area contributed by atoms with E-state index >= 15 is 0 Å². The number of nitrogens with one attached hydrogen (secondary N) is 1. The molecule has 5 nitrogen and oxygen atoms in total. The molecular weight excluding hydrogens is 206 g/mol. The van der Waals surface area contributed by atoms with Gasteiger partial charge in [0.1, 0.15) is 0 Å². The van der Waals surface area contributed by atoms with Gasteiger partial charge in [-0.05, 0) is 17.7 Å². The van der Waals surface area contributed by atoms with E-state index in [1.54, 1.807) is 0 Å². The lowest BCUT2D eigenvalue weighted by atomic mass is 10.2. The van der Waals surface area contributed by atoms with Crippen molar-refractivity contribution in [3.8, 4) is 0 Å². The van der Waals surface area contributed by atoms with Crippen molar-refractivity contribution in [1.29, 1.82) is 0 Å². The van der Waals surface area contributed by atoms with E-state index in [9.17, 15) is 9.90 Å². The minimum atomic E-state index is -1.18. The molecule has 0 bridgehead atoms. The van der Waals surface area contributed by atoms with Crippen LogP contribution in [-0.2, 0) is 0 Å². The van der Waals surface area contributed by atoms with Gasteiger partial charge in [-0.25, -0.2) is 0 Å². The fourth-order valence-electron chi connectivity index (χ4n) is 1.30. The Morgan fingerprint density at radius 3 is 2.12 bits per heavy atom. The number of carboxylic acid groups (broad SMARTS) is 1. The van der Waals surface area contributed by atoms with E-state index in [-0.39, 0.29) is 5.56 Å². The van der Waals surface area contributed by atoms with E-state index in [0.717, 1.165) is 0 Å². The largest absolute Gasteiger partial charge is 0.545 e. The second-order valence-electron chi connectivity index (χ2n) is 3.53. The van der Waals surface area contributed by atoms with Crippen LogP contribution in [0.15, 0.2) is 24.3 Å². The zero-order chi connectivity index (χ0) is 11.8. The molecule has 1 heterocycles. The quantitative estimate of drug-likeness (QED) is 0.470. The molecule has 2 rings (SSSR count). The number of hydrogen-bond acceptors (Lipinski definition) is 4. The summed E-state index contributed by atoms with van der Waals surface area (Å²) < 4.78 is 0. The number of hydrogen-bond donors (Lipinski definition) is 3. The number of carbonyl (C=O) groups is 1. The van der Waals surface area contributed by atoms with Crippen LogP contribution in [0.3, 0.4) is 0 Å². The molecular formula is C11H17N3O2. The zero-order valence-corrected chi connectivity index (χ0v) is 9.11. The minimum Gasteiger partial charge on any atom is -0.545 e. The maximum Gasteiger partial charge on any atom is 0.0882 e. The Labute approximate surface area is 94.7 Å². The first-order valence-corrected chi connectivity index (χ1v) is 5.29. The van der Waals surface area contributed by atoms with E-state index < -0.39 is 5.97 Å². The van der Waals surface area contributed by atoms with Crippen molar-refractivity contribution < 1.29 is 15.2 Å². The summed E-state index contributed by atoms with van der Waals surface area (Å²) in [6.45, 7) is 4.92. The molecule has 0 aromatic heterocycles. The van der Waals surface area contributed by atoms with Crippen LogP contribution in [0.5, 0.6) is 0 Å². The van der Waals surface area contributed by atoms with Gasteiger partial charge in [-0.2, -0.15) is 0 Å². The van der Waals surface area contributed by atoms with Gasteiger partial charge >= 0.3 is 0 Å². The fraction of sp³-hybridized carbons (Fsp3) is 0.364. The Kier molecular flexibility index (Phi) is 5.31. The van der Waals surface area contributed by atoms with Gasteiger partial charge in [0, 0.05) is 18.8 Å². The number of carboxylic acids is 1. The fourth-order valence-corrected chi connectivity index (χ4v) is 1.30. The van der Waals surface area contributed by atoms with Crippen molar-refractivity contribution in [3.63, 3.8) is 0 Å². The van der Waals surface area contributed by atoms with Crippen molar-refractivity contribution in [3.05, 3.63) is 29.8 Å². The summed E-state index contributed by atoms with van der Waals surface area (Å²) >= 11 is 0. The topological polar surface area (TPSA) is 94.8 Å². The van der Waals surface area contributed by atoms with Gasteiger partial charge in [-0.15, -0.1) is 0 Å². The van der Waals surface area contributed by atoms with Crippen LogP contribution in [0, 0.1) is 0 Å². The predicted octanol–water partition coefficient (Wildman–Crippen LogP) is -2.21. The number of quaternary nitrogens is 1. The first-order valence-electron chi connectivity index (χ1n) is 5.29. The lowest BCUT2D eigenvalue weighted by molar-refractivity contribution is -0.657. The van der Waals surface area contributed by atoms with Gasteiger partial charge < -0.3 is 26.3 Å². The van der Waals surface area contributed by atoms with E-state index in [2.05, 4.69) is 10.6 Å². The SMILES string of the molecule is C1C[NH2+]CCN1.Nc1ccc(C(=O)[O-])cc1. The molecule has 0 unspecified atom stereocenters. The van der Waals surface area contributed by atoms with Gasteiger partial charge in [-0.3, -0.25) is 0 Å². The smallest absolute Gasteiger partial charge is 0.0882 e. The van der Waals surface area contributed by atoms with Crippen LogP contribution in [-0.4, -0.2) is 32.1 Å². The van der Waals surface area contributed by atoms with Crippen molar-refractivity contribution in [2.24, 2.45) is 0 Å². The maximum atomic E-state index is 10.2. The third kappa shape index (κ3) is 4.77. The number of nitrogens with two attached hydrogens (primary N) is 2. The molecule has 1 saturated heterocycles. The van der Waals surface area contributed by atoms with E-state index in [1.165, 1.54) is 50.4 Å². The molecule has 1 aliphatic rings. The molecule has 1 aliphatic heterocycles. The summed E-state index contributed by atoms with van der Waals surface area (Å²) in [5.41, 5.74) is 6.01. The molecule has 1 aromatic carbocycles. The lowest BCUT2D eigenvalue weighted by Gasteiger charge is -2.07. The Morgan fingerprint density at radius 2 is 1.81 bits per heavy atom. The van der Waals surface area contributed by atoms with Gasteiger partial charge in [0.2, 0.25) is 0 Å². The van der Waals surface area contributed by atoms with E-state index in [4.69, 9.17) is 5.73 Å². The van der Waals surface area contributed by atoms with Gasteiger partial charge in [0.25, 0.3) is 0 Å². The first-order chi connectivity index (χ1) is 7.70. The molecule has 16 heavy (non-hydrogen) atoms. The molecule has 0 atom stereocenters. The third-order valence-corrected chi connectivity index (χ3v) is 2.20. The second kappa shape index (κ2) is 6.81. The maximum absolute atomic E-state index is 10.2. The van der Waals surface area contributed by atoms with Gasteiger partial charge in [-0.1, -0.05) is 12.1 Å². The average Bonchev–Trinajstić information content (AvgIpc) is 2.32. The Hall–Kier alpha value is -1.59. The van der Waals surface area contributed by atoms with Crippen molar-refractivity contribution in [2.45, 2.75) is 0 Å². The molecule has 0 saturated carbocycles. The van der Waals surface area contributed by atoms with Gasteiger partial charge in [0.05, 0.1) is 19.1 Å². The number of anilines is 1. The molecule has 0 amide bonds. The minimum absolute atomic E-state index is 0.147. The molecule has 0 aliphatic carbocycles. The van der Waals surface area contributed by atoms with E-state index in [1.807, 2.05) is 0 Å². The highest BCUT2D eigenvalue weighted by Crippen LogP contribution is 2.03. The van der Waals surface area contributed by atoms with E-state index in [0.29, 0.717) is 5.69 Å². The number of piperazine rings is 1. The molecule has 5 heteroatoms. The Morgan fingerprint density at radius 1 is 1.25 bits per heavy atom. The molecule has 5 N–H and O–H groups in total.